The van der Waals surface area contributed by atoms with Crippen LogP contribution in [0.25, 0.3) is 0 Å². The highest BCUT2D eigenvalue weighted by molar-refractivity contribution is 5.60. The first-order chi connectivity index (χ1) is 11.6. The first kappa shape index (κ1) is 25.4. The van der Waals surface area contributed by atoms with Crippen LogP contribution in [0.2, 0.25) is 0 Å². The lowest BCUT2D eigenvalue weighted by Gasteiger charge is -2.32. The second kappa shape index (κ2) is 10.1. The highest BCUT2D eigenvalue weighted by Crippen LogP contribution is 2.35. The molecule has 0 spiro atoms. The van der Waals surface area contributed by atoms with Gasteiger partial charge in [-0.25, -0.2) is 0 Å². The molecule has 0 radical (unpaired) electrons. The summed E-state index contributed by atoms with van der Waals surface area (Å²) in [4.78, 5) is 4.76. The first-order valence-corrected chi connectivity index (χ1v) is 10.8. The van der Waals surface area contributed by atoms with E-state index in [1.54, 1.807) is 0 Å². The van der Waals surface area contributed by atoms with Crippen LogP contribution in [0.4, 0.5) is 0 Å². The van der Waals surface area contributed by atoms with Crippen molar-refractivity contribution in [1.82, 2.24) is 0 Å². The van der Waals surface area contributed by atoms with Crippen LogP contribution in [0.3, 0.4) is 0 Å². The van der Waals surface area contributed by atoms with Gasteiger partial charge in [-0.3, -0.25) is 4.99 Å². The minimum atomic E-state index is 0.217. The van der Waals surface area contributed by atoms with Crippen molar-refractivity contribution in [2.24, 2.45) is 44.9 Å². The average molecular weight is 364 g/mol. The number of nitrogens with zero attached hydrogens (tertiary/aromatic N) is 1. The van der Waals surface area contributed by atoms with Gasteiger partial charge in [0.15, 0.2) is 0 Å². The minimum Gasteiger partial charge on any atom is -0.297 e. The Labute approximate surface area is 166 Å². The molecule has 0 aliphatic rings. The van der Waals surface area contributed by atoms with E-state index in [1.165, 1.54) is 6.42 Å². The number of hydrogen-bond acceptors (Lipinski definition) is 1. The van der Waals surface area contributed by atoms with Crippen molar-refractivity contribution in [3.05, 3.63) is 12.2 Å². The van der Waals surface area contributed by atoms with Gasteiger partial charge in [0.1, 0.15) is 0 Å². The molecule has 1 heteroatoms. The smallest absolute Gasteiger partial charge is 0.0439 e. The lowest BCUT2D eigenvalue weighted by Crippen LogP contribution is -2.23. The predicted octanol–water partition coefficient (Wildman–Crippen LogP) is 8.06. The normalized spacial score (nSPS) is 17.0. The summed E-state index contributed by atoms with van der Waals surface area (Å²) in [5, 5.41) is 0. The Morgan fingerprint density at radius 1 is 0.692 bits per heavy atom. The van der Waals surface area contributed by atoms with Crippen molar-refractivity contribution in [1.29, 1.82) is 0 Å². The molecular weight excluding hydrogens is 314 g/mol. The summed E-state index contributed by atoms with van der Waals surface area (Å²) in [6.45, 7) is 28.9. The molecule has 0 aliphatic carbocycles. The fourth-order valence-corrected chi connectivity index (χ4v) is 3.16. The Hall–Kier alpha value is -0.590. The van der Waals surface area contributed by atoms with Gasteiger partial charge in [-0.15, -0.1) is 0 Å². The lowest BCUT2D eigenvalue weighted by atomic mass is 9.74. The highest BCUT2D eigenvalue weighted by atomic mass is 14.7. The number of allylic oxidation sites excluding steroid dienone is 2. The topological polar surface area (TPSA) is 12.4 Å². The maximum atomic E-state index is 4.76. The zero-order chi connectivity index (χ0) is 20.8. The van der Waals surface area contributed by atoms with Gasteiger partial charge >= 0.3 is 0 Å². The highest BCUT2D eigenvalue weighted by Gasteiger charge is 2.25. The van der Waals surface area contributed by atoms with Crippen LogP contribution in [0.5, 0.6) is 0 Å². The van der Waals surface area contributed by atoms with Crippen molar-refractivity contribution in [3.8, 4) is 0 Å². The van der Waals surface area contributed by atoms with Gasteiger partial charge in [0.2, 0.25) is 0 Å². The van der Waals surface area contributed by atoms with Crippen LogP contribution < -0.4 is 0 Å². The van der Waals surface area contributed by atoms with Crippen LogP contribution in [0, 0.1) is 39.9 Å². The molecule has 1 nitrogen and oxygen atoms in total. The van der Waals surface area contributed by atoms with Gasteiger partial charge in [0.25, 0.3) is 0 Å². The summed E-state index contributed by atoms with van der Waals surface area (Å²) in [6.07, 6.45) is 9.46. The van der Waals surface area contributed by atoms with E-state index in [0.29, 0.717) is 23.2 Å². The van der Waals surface area contributed by atoms with Gasteiger partial charge < -0.3 is 0 Å². The molecule has 0 aromatic rings. The van der Waals surface area contributed by atoms with Gasteiger partial charge in [-0.2, -0.15) is 0 Å². The summed E-state index contributed by atoms with van der Waals surface area (Å²) < 4.78 is 0. The Bertz CT molecular complexity index is 449. The number of aliphatic imine (C=N–C) groups is 1. The van der Waals surface area contributed by atoms with Crippen LogP contribution in [-0.2, 0) is 0 Å². The first-order valence-electron chi connectivity index (χ1n) is 10.8. The molecule has 26 heavy (non-hydrogen) atoms. The molecule has 0 amide bonds. The Morgan fingerprint density at radius 3 is 1.65 bits per heavy atom. The van der Waals surface area contributed by atoms with Crippen LogP contribution >= 0.6 is 0 Å². The molecule has 0 rings (SSSR count). The van der Waals surface area contributed by atoms with Crippen molar-refractivity contribution >= 4 is 6.21 Å². The molecule has 0 aliphatic heterocycles. The molecule has 0 heterocycles. The molecule has 0 N–H and O–H groups in total. The zero-order valence-electron chi connectivity index (χ0n) is 20.1. The second-order valence-corrected chi connectivity index (χ2v) is 11.5. The Balaban J connectivity index is 4.64. The van der Waals surface area contributed by atoms with Crippen LogP contribution in [-0.4, -0.2) is 12.8 Å². The summed E-state index contributed by atoms with van der Waals surface area (Å²) in [5.74, 6) is 2.52. The van der Waals surface area contributed by atoms with Crippen LogP contribution in [0.15, 0.2) is 17.1 Å². The van der Waals surface area contributed by atoms with Crippen LogP contribution in [0.1, 0.15) is 95.9 Å². The third kappa shape index (κ3) is 9.93. The van der Waals surface area contributed by atoms with Crippen molar-refractivity contribution < 1.29 is 0 Å². The van der Waals surface area contributed by atoms with Crippen molar-refractivity contribution in [3.63, 3.8) is 0 Å². The second-order valence-electron chi connectivity index (χ2n) is 11.5. The fraction of sp³-hybridized carbons (Fsp3) is 0.880. The largest absolute Gasteiger partial charge is 0.297 e. The van der Waals surface area contributed by atoms with Crippen molar-refractivity contribution in [2.75, 3.05) is 6.54 Å². The van der Waals surface area contributed by atoms with Gasteiger partial charge in [0.05, 0.1) is 0 Å². The third-order valence-corrected chi connectivity index (χ3v) is 6.56. The quantitative estimate of drug-likeness (QED) is 0.260. The molecular formula is C25H49N. The Kier molecular flexibility index (Phi) is 9.86. The monoisotopic (exact) mass is 363 g/mol. The molecule has 0 aromatic heterocycles. The molecule has 154 valence electrons. The van der Waals surface area contributed by atoms with E-state index in [4.69, 9.17) is 4.99 Å². The molecule has 2 unspecified atom stereocenters. The van der Waals surface area contributed by atoms with E-state index in [0.717, 1.165) is 18.9 Å². The predicted molar refractivity (Wildman–Crippen MR) is 121 cm³/mol. The van der Waals surface area contributed by atoms with Gasteiger partial charge in [-0.05, 0) is 52.8 Å². The summed E-state index contributed by atoms with van der Waals surface area (Å²) in [6, 6.07) is 0. The van der Waals surface area contributed by atoms with E-state index in [-0.39, 0.29) is 10.8 Å². The van der Waals surface area contributed by atoms with E-state index in [9.17, 15) is 0 Å². The zero-order valence-corrected chi connectivity index (χ0v) is 20.1. The number of rotatable bonds is 11. The number of hydrogen-bond donors (Lipinski definition) is 0. The molecule has 0 aromatic carbocycles. The molecule has 0 bridgehead atoms. The van der Waals surface area contributed by atoms with Gasteiger partial charge in [0, 0.05) is 12.8 Å². The summed E-state index contributed by atoms with van der Waals surface area (Å²) >= 11 is 0. The standard InChI is InChI=1S/C25H49N/c1-19(2)24(9,10)16-21(5)13-14-23(7,8)15-22(6)17-26-18-25(11,12)20(3)4/h13-14,17,19-22H,15-16,18H2,1-12H3/b14-13-,26-17-. The SMILES string of the molecule is CC(/C=N\CC(C)(C)C(C)C)CC(C)(C)/C=C\C(C)CC(C)(C)C(C)C. The Morgan fingerprint density at radius 2 is 1.19 bits per heavy atom. The van der Waals surface area contributed by atoms with E-state index >= 15 is 0 Å². The third-order valence-electron chi connectivity index (χ3n) is 6.56. The lowest BCUT2D eigenvalue weighted by molar-refractivity contribution is 0.207. The van der Waals surface area contributed by atoms with E-state index in [2.05, 4.69) is 101 Å². The van der Waals surface area contributed by atoms with E-state index in [1.807, 2.05) is 0 Å². The molecule has 0 saturated heterocycles. The molecule has 0 saturated carbocycles. The average Bonchev–Trinajstić information content (AvgIpc) is 2.43. The maximum absolute atomic E-state index is 4.76. The molecule has 0 fully saturated rings. The summed E-state index contributed by atoms with van der Waals surface area (Å²) in [7, 11) is 0. The summed E-state index contributed by atoms with van der Waals surface area (Å²) in [5.41, 5.74) is 0.899. The fourth-order valence-electron chi connectivity index (χ4n) is 3.16. The van der Waals surface area contributed by atoms with Crippen molar-refractivity contribution in [2.45, 2.75) is 95.9 Å². The van der Waals surface area contributed by atoms with E-state index < -0.39 is 0 Å². The molecule has 2 atom stereocenters. The maximum Gasteiger partial charge on any atom is 0.0439 e. The van der Waals surface area contributed by atoms with Gasteiger partial charge in [-0.1, -0.05) is 95.2 Å². The minimum absolute atomic E-state index is 0.217.